The predicted molar refractivity (Wildman–Crippen MR) is 81.9 cm³/mol. The van der Waals surface area contributed by atoms with Gasteiger partial charge in [-0.1, -0.05) is 30.3 Å². The van der Waals surface area contributed by atoms with Gasteiger partial charge in [0, 0.05) is 24.0 Å². The van der Waals surface area contributed by atoms with Gasteiger partial charge in [-0.15, -0.1) is 0 Å². The third-order valence-electron chi connectivity index (χ3n) is 3.49. The highest BCUT2D eigenvalue weighted by atomic mass is 16.1. The summed E-state index contributed by atoms with van der Waals surface area (Å²) in [5, 5.41) is 0.679. The van der Waals surface area contributed by atoms with Crippen LogP contribution in [0.25, 0.3) is 22.2 Å². The lowest BCUT2D eigenvalue weighted by Gasteiger charge is -2.11. The van der Waals surface area contributed by atoms with E-state index in [2.05, 4.69) is 11.9 Å². The quantitative estimate of drug-likeness (QED) is 0.711. The molecule has 0 radical (unpaired) electrons. The summed E-state index contributed by atoms with van der Waals surface area (Å²) in [5.41, 5.74) is 3.40. The number of nitrogens with zero attached hydrogens (tertiary/aromatic N) is 2. The Morgan fingerprint density at radius 2 is 1.85 bits per heavy atom. The van der Waals surface area contributed by atoms with Crippen molar-refractivity contribution < 1.29 is 0 Å². The minimum atomic E-state index is 0.0448. The molecule has 0 saturated heterocycles. The molecule has 20 heavy (non-hydrogen) atoms. The van der Waals surface area contributed by atoms with E-state index in [1.165, 1.54) is 0 Å². The first kappa shape index (κ1) is 12.6. The summed E-state index contributed by atoms with van der Waals surface area (Å²) in [4.78, 5) is 17.2. The maximum atomic E-state index is 12.7. The van der Waals surface area contributed by atoms with Gasteiger partial charge in [0.15, 0.2) is 5.43 Å². The molecular weight excluding hydrogens is 248 g/mol. The molecule has 0 amide bonds. The third-order valence-corrected chi connectivity index (χ3v) is 3.49. The molecule has 3 heteroatoms. The minimum absolute atomic E-state index is 0.0448. The van der Waals surface area contributed by atoms with E-state index in [9.17, 15) is 4.79 Å². The zero-order valence-corrected chi connectivity index (χ0v) is 11.6. The Kier molecular flexibility index (Phi) is 3.11. The second kappa shape index (κ2) is 4.93. The molecule has 1 aromatic carbocycles. The largest absolute Gasteiger partial charge is 0.332 e. The van der Waals surface area contributed by atoms with Gasteiger partial charge in [-0.25, -0.2) is 4.98 Å². The van der Waals surface area contributed by atoms with Crippen LogP contribution in [0.4, 0.5) is 0 Å². The average molecular weight is 264 g/mol. The van der Waals surface area contributed by atoms with Crippen molar-refractivity contribution in [3.05, 3.63) is 64.6 Å². The van der Waals surface area contributed by atoms with Gasteiger partial charge in [-0.2, -0.15) is 0 Å². The van der Waals surface area contributed by atoms with Crippen LogP contribution in [0, 0.1) is 6.92 Å². The van der Waals surface area contributed by atoms with Crippen molar-refractivity contribution in [2.45, 2.75) is 20.4 Å². The molecule has 0 N–H and O–H groups in total. The van der Waals surface area contributed by atoms with Gasteiger partial charge in [-0.3, -0.25) is 4.79 Å². The van der Waals surface area contributed by atoms with Crippen LogP contribution in [0.2, 0.25) is 0 Å². The molecule has 0 fully saturated rings. The highest BCUT2D eigenvalue weighted by Gasteiger charge is 2.10. The van der Waals surface area contributed by atoms with Crippen LogP contribution in [0.15, 0.2) is 53.5 Å². The van der Waals surface area contributed by atoms with E-state index in [1.54, 1.807) is 0 Å². The number of hydrogen-bond donors (Lipinski definition) is 0. The predicted octanol–water partition coefficient (Wildman–Crippen LogP) is 3.39. The van der Waals surface area contributed by atoms with Gasteiger partial charge in [0.25, 0.3) is 0 Å². The van der Waals surface area contributed by atoms with E-state index >= 15 is 0 Å². The maximum Gasteiger partial charge on any atom is 0.198 e. The average Bonchev–Trinajstić information content (AvgIpc) is 2.48. The summed E-state index contributed by atoms with van der Waals surface area (Å²) in [5.74, 6) is 0. The molecule has 0 aliphatic carbocycles. The maximum absolute atomic E-state index is 12.7. The van der Waals surface area contributed by atoms with E-state index in [-0.39, 0.29) is 5.43 Å². The number of hydrogen-bond acceptors (Lipinski definition) is 2. The Labute approximate surface area is 117 Å². The molecular formula is C17H16N2O. The van der Waals surface area contributed by atoms with Crippen LogP contribution < -0.4 is 5.43 Å². The molecule has 100 valence electrons. The lowest BCUT2D eigenvalue weighted by molar-refractivity contribution is 0.777. The molecule has 0 aliphatic rings. The molecule has 3 nitrogen and oxygen atoms in total. The lowest BCUT2D eigenvalue weighted by Crippen LogP contribution is -2.13. The molecule has 3 aromatic rings. The first-order valence-corrected chi connectivity index (χ1v) is 6.77. The van der Waals surface area contributed by atoms with Gasteiger partial charge in [-0.05, 0) is 31.5 Å². The van der Waals surface area contributed by atoms with Crippen LogP contribution >= 0.6 is 0 Å². The monoisotopic (exact) mass is 264 g/mol. The molecule has 2 heterocycles. The normalized spacial score (nSPS) is 10.9. The Hall–Kier alpha value is -2.42. The van der Waals surface area contributed by atoms with Crippen molar-refractivity contribution in [3.63, 3.8) is 0 Å². The van der Waals surface area contributed by atoms with Gasteiger partial charge < -0.3 is 4.57 Å². The Morgan fingerprint density at radius 3 is 2.55 bits per heavy atom. The number of benzene rings is 1. The highest BCUT2D eigenvalue weighted by Crippen LogP contribution is 2.19. The zero-order valence-electron chi connectivity index (χ0n) is 11.6. The molecule has 0 bridgehead atoms. The van der Waals surface area contributed by atoms with Crippen LogP contribution in [0.5, 0.6) is 0 Å². The van der Waals surface area contributed by atoms with Crippen molar-refractivity contribution in [2.75, 3.05) is 0 Å². The fourth-order valence-electron chi connectivity index (χ4n) is 2.42. The van der Waals surface area contributed by atoms with Crippen LogP contribution in [0.1, 0.15) is 12.6 Å². The second-order valence-corrected chi connectivity index (χ2v) is 4.85. The number of fused-ring (bicyclic) bond motifs is 1. The second-order valence-electron chi connectivity index (χ2n) is 4.85. The van der Waals surface area contributed by atoms with E-state index in [0.717, 1.165) is 29.0 Å². The summed E-state index contributed by atoms with van der Waals surface area (Å²) in [6, 6.07) is 13.5. The fraction of sp³-hybridized carbons (Fsp3) is 0.176. The Balaban J connectivity index is 2.39. The highest BCUT2D eigenvalue weighted by molar-refractivity contribution is 5.81. The van der Waals surface area contributed by atoms with E-state index in [4.69, 9.17) is 0 Å². The number of aromatic nitrogens is 2. The Bertz CT molecular complexity index is 820. The SMILES string of the molecule is CCn1cc(-c2ccccc2)c(=O)c2ccc(C)nc21. The summed E-state index contributed by atoms with van der Waals surface area (Å²) < 4.78 is 2.03. The van der Waals surface area contributed by atoms with Gasteiger partial charge in [0.05, 0.1) is 5.39 Å². The van der Waals surface area contributed by atoms with E-state index in [0.29, 0.717) is 5.39 Å². The van der Waals surface area contributed by atoms with Crippen molar-refractivity contribution in [1.82, 2.24) is 9.55 Å². The molecule has 0 unspecified atom stereocenters. The molecule has 0 aliphatic heterocycles. The van der Waals surface area contributed by atoms with Crippen molar-refractivity contribution in [3.8, 4) is 11.1 Å². The third kappa shape index (κ3) is 2.01. The summed E-state index contributed by atoms with van der Waals surface area (Å²) in [6.45, 7) is 4.78. The Morgan fingerprint density at radius 1 is 1.10 bits per heavy atom. The number of pyridine rings is 2. The standard InChI is InChI=1S/C17H16N2O/c1-3-19-11-15(13-7-5-4-6-8-13)16(20)14-10-9-12(2)18-17(14)19/h4-11H,3H2,1-2H3. The van der Waals surface area contributed by atoms with Crippen molar-refractivity contribution in [1.29, 1.82) is 0 Å². The summed E-state index contributed by atoms with van der Waals surface area (Å²) in [6.07, 6.45) is 1.91. The topological polar surface area (TPSA) is 34.9 Å². The minimum Gasteiger partial charge on any atom is -0.332 e. The molecule has 0 saturated carbocycles. The van der Waals surface area contributed by atoms with E-state index < -0.39 is 0 Å². The van der Waals surface area contributed by atoms with Crippen molar-refractivity contribution in [2.24, 2.45) is 0 Å². The summed E-state index contributed by atoms with van der Waals surface area (Å²) in [7, 11) is 0. The van der Waals surface area contributed by atoms with Crippen molar-refractivity contribution >= 4 is 11.0 Å². The number of aryl methyl sites for hydroxylation is 2. The smallest absolute Gasteiger partial charge is 0.198 e. The van der Waals surface area contributed by atoms with Gasteiger partial charge >= 0.3 is 0 Å². The summed E-state index contributed by atoms with van der Waals surface area (Å²) >= 11 is 0. The van der Waals surface area contributed by atoms with Crippen LogP contribution in [-0.2, 0) is 6.54 Å². The first-order valence-electron chi connectivity index (χ1n) is 6.77. The number of rotatable bonds is 2. The molecule has 0 spiro atoms. The molecule has 0 atom stereocenters. The van der Waals surface area contributed by atoms with E-state index in [1.807, 2.05) is 60.2 Å². The van der Waals surface area contributed by atoms with Gasteiger partial charge in [0.1, 0.15) is 5.65 Å². The van der Waals surface area contributed by atoms with Crippen LogP contribution in [0.3, 0.4) is 0 Å². The van der Waals surface area contributed by atoms with Gasteiger partial charge in [0.2, 0.25) is 0 Å². The fourth-order valence-corrected chi connectivity index (χ4v) is 2.42. The molecule has 2 aromatic heterocycles. The molecule has 3 rings (SSSR count). The first-order chi connectivity index (χ1) is 9.70. The zero-order chi connectivity index (χ0) is 14.1. The van der Waals surface area contributed by atoms with Crippen LogP contribution in [-0.4, -0.2) is 9.55 Å². The lowest BCUT2D eigenvalue weighted by atomic mass is 10.1.